The number of rotatable bonds is 3. The predicted molar refractivity (Wildman–Crippen MR) is 134 cm³/mol. The van der Waals surface area contributed by atoms with Gasteiger partial charge in [-0.1, -0.05) is 17.9 Å². The lowest BCUT2D eigenvalue weighted by Gasteiger charge is -2.35. The molecule has 9 heteroatoms. The number of nitrogens with zero attached hydrogens (tertiary/aromatic N) is 5. The van der Waals surface area contributed by atoms with Crippen LogP contribution in [0, 0.1) is 24.6 Å². The monoisotopic (exact) mass is 473 g/mol. The summed E-state index contributed by atoms with van der Waals surface area (Å²) in [5, 5.41) is 0. The smallest absolute Gasteiger partial charge is 0.256 e. The molecule has 4 N–H and O–H groups in total. The van der Waals surface area contributed by atoms with Gasteiger partial charge in [0.15, 0.2) is 0 Å². The van der Waals surface area contributed by atoms with E-state index >= 15 is 4.39 Å². The number of anilines is 2. The van der Waals surface area contributed by atoms with E-state index in [1.165, 1.54) is 12.1 Å². The fourth-order valence-electron chi connectivity index (χ4n) is 4.14. The molecular weight excluding hydrogens is 445 g/mol. The minimum atomic E-state index is -0.622. The number of carbonyl (C=O) groups excluding carboxylic acids is 1. The van der Waals surface area contributed by atoms with Gasteiger partial charge in [-0.3, -0.25) is 4.79 Å². The molecule has 4 rings (SSSR count). The number of piperidine rings is 1. The van der Waals surface area contributed by atoms with Crippen LogP contribution in [0.1, 0.15) is 40.0 Å². The summed E-state index contributed by atoms with van der Waals surface area (Å²) in [6, 6.07) is 7.96. The quantitative estimate of drug-likeness (QED) is 0.562. The number of aryl methyl sites for hydroxylation is 1. The van der Waals surface area contributed by atoms with Gasteiger partial charge in [-0.15, -0.1) is 0 Å². The maximum Gasteiger partial charge on any atom is 0.256 e. The number of likely N-dealkylation sites (tertiary alicyclic amines) is 1. The highest BCUT2D eigenvalue weighted by atomic mass is 19.1. The van der Waals surface area contributed by atoms with E-state index in [0.717, 1.165) is 25.9 Å². The molecule has 1 saturated heterocycles. The standard InChI is InChI=1S/C26H28FN7O/c1-16-20(7-4-17-5-9-23(28)30-15-17)24(32-26(29)31-16)18-6-8-21(22(27)14-18)25(35)34(3)19-10-12-33(2)13-11-19/h5-6,8-9,14-15,19H,10-13H2,1-3H3,(H2,28,30)(H2,29,31,32). The highest BCUT2D eigenvalue weighted by molar-refractivity contribution is 5.95. The molecule has 1 fully saturated rings. The molecule has 1 aliphatic rings. The normalized spacial score (nSPS) is 14.3. The van der Waals surface area contributed by atoms with Crippen LogP contribution in [0.25, 0.3) is 11.3 Å². The van der Waals surface area contributed by atoms with E-state index in [2.05, 4.69) is 38.7 Å². The van der Waals surface area contributed by atoms with Crippen LogP contribution < -0.4 is 11.5 Å². The van der Waals surface area contributed by atoms with Crippen LogP contribution in [-0.4, -0.2) is 63.9 Å². The van der Waals surface area contributed by atoms with Crippen LogP contribution in [0.3, 0.4) is 0 Å². The van der Waals surface area contributed by atoms with E-state index in [1.807, 2.05) is 0 Å². The van der Waals surface area contributed by atoms with Crippen LogP contribution >= 0.6 is 0 Å². The number of amides is 1. The summed E-state index contributed by atoms with van der Waals surface area (Å²) in [6.45, 7) is 3.58. The molecule has 3 aromatic rings. The summed E-state index contributed by atoms with van der Waals surface area (Å²) < 4.78 is 15.2. The van der Waals surface area contributed by atoms with Gasteiger partial charge >= 0.3 is 0 Å². The number of nitrogens with two attached hydrogens (primary N) is 2. The number of nitrogen functional groups attached to an aromatic ring is 2. The predicted octanol–water partition coefficient (Wildman–Crippen LogP) is 2.72. The van der Waals surface area contributed by atoms with Crippen LogP contribution in [0.15, 0.2) is 36.5 Å². The van der Waals surface area contributed by atoms with E-state index in [1.54, 1.807) is 43.3 Å². The molecule has 35 heavy (non-hydrogen) atoms. The van der Waals surface area contributed by atoms with E-state index in [0.29, 0.717) is 33.9 Å². The fraction of sp³-hybridized carbons (Fsp3) is 0.308. The van der Waals surface area contributed by atoms with Gasteiger partial charge < -0.3 is 21.3 Å². The largest absolute Gasteiger partial charge is 0.384 e. The molecule has 0 saturated carbocycles. The molecule has 8 nitrogen and oxygen atoms in total. The Morgan fingerprint density at radius 1 is 1.14 bits per heavy atom. The molecule has 3 heterocycles. The third kappa shape index (κ3) is 5.39. The molecule has 2 aromatic heterocycles. The second kappa shape index (κ2) is 10.1. The van der Waals surface area contributed by atoms with E-state index in [4.69, 9.17) is 11.5 Å². The summed E-state index contributed by atoms with van der Waals surface area (Å²) >= 11 is 0. The molecule has 0 unspecified atom stereocenters. The van der Waals surface area contributed by atoms with Gasteiger partial charge in [0.05, 0.1) is 22.5 Å². The maximum absolute atomic E-state index is 15.2. The molecule has 0 aliphatic carbocycles. The number of benzene rings is 1. The Morgan fingerprint density at radius 2 is 1.89 bits per heavy atom. The Balaban J connectivity index is 1.65. The third-order valence-corrected chi connectivity index (χ3v) is 6.25. The van der Waals surface area contributed by atoms with Crippen molar-refractivity contribution >= 4 is 17.7 Å². The maximum atomic E-state index is 15.2. The van der Waals surface area contributed by atoms with Crippen molar-refractivity contribution in [3.8, 4) is 23.1 Å². The van der Waals surface area contributed by atoms with Gasteiger partial charge in [-0.05, 0) is 64.2 Å². The number of hydrogen-bond acceptors (Lipinski definition) is 7. The van der Waals surface area contributed by atoms with Gasteiger partial charge in [-0.25, -0.2) is 19.3 Å². The molecule has 0 radical (unpaired) electrons. The molecule has 0 bridgehead atoms. The molecule has 180 valence electrons. The first-order valence-electron chi connectivity index (χ1n) is 11.4. The number of halogens is 1. The zero-order chi connectivity index (χ0) is 25.1. The summed E-state index contributed by atoms with van der Waals surface area (Å²) in [5.41, 5.74) is 14.1. The van der Waals surface area contributed by atoms with Crippen molar-refractivity contribution in [2.45, 2.75) is 25.8 Å². The molecule has 0 atom stereocenters. The zero-order valence-electron chi connectivity index (χ0n) is 20.0. The van der Waals surface area contributed by atoms with Crippen molar-refractivity contribution in [2.24, 2.45) is 0 Å². The van der Waals surface area contributed by atoms with E-state index in [9.17, 15) is 4.79 Å². The number of carbonyl (C=O) groups is 1. The summed E-state index contributed by atoms with van der Waals surface area (Å²) in [4.78, 5) is 29.5. The van der Waals surface area contributed by atoms with Crippen LogP contribution in [0.4, 0.5) is 16.2 Å². The number of hydrogen-bond donors (Lipinski definition) is 2. The van der Waals surface area contributed by atoms with Gasteiger partial charge in [0.25, 0.3) is 5.91 Å². The summed E-state index contributed by atoms with van der Waals surface area (Å²) in [7, 11) is 3.79. The lowest BCUT2D eigenvalue weighted by molar-refractivity contribution is 0.0655. The van der Waals surface area contributed by atoms with Crippen LogP contribution in [0.2, 0.25) is 0 Å². The van der Waals surface area contributed by atoms with Crippen molar-refractivity contribution in [1.29, 1.82) is 0 Å². The van der Waals surface area contributed by atoms with Gasteiger partial charge in [-0.2, -0.15) is 0 Å². The van der Waals surface area contributed by atoms with Gasteiger partial charge in [0, 0.05) is 30.4 Å². The number of aromatic nitrogens is 3. The van der Waals surface area contributed by atoms with Crippen molar-refractivity contribution in [2.75, 3.05) is 38.7 Å². The lowest BCUT2D eigenvalue weighted by Crippen LogP contribution is -2.44. The Morgan fingerprint density at radius 3 is 2.54 bits per heavy atom. The van der Waals surface area contributed by atoms with Crippen molar-refractivity contribution in [1.82, 2.24) is 24.8 Å². The number of pyridine rings is 1. The highest BCUT2D eigenvalue weighted by Crippen LogP contribution is 2.27. The second-order valence-electron chi connectivity index (χ2n) is 8.76. The molecule has 1 aromatic carbocycles. The van der Waals surface area contributed by atoms with Crippen molar-refractivity contribution in [3.05, 3.63) is 64.7 Å². The Hall–Kier alpha value is -4.03. The molecule has 1 amide bonds. The van der Waals surface area contributed by atoms with Gasteiger partial charge in [0.1, 0.15) is 11.6 Å². The summed E-state index contributed by atoms with van der Waals surface area (Å²) in [6.07, 6.45) is 3.30. The lowest BCUT2D eigenvalue weighted by atomic mass is 10.0. The average Bonchev–Trinajstić information content (AvgIpc) is 2.83. The van der Waals surface area contributed by atoms with E-state index in [-0.39, 0.29) is 23.5 Å². The molecular formula is C26H28FN7O. The van der Waals surface area contributed by atoms with Crippen LogP contribution in [0.5, 0.6) is 0 Å². The van der Waals surface area contributed by atoms with Crippen molar-refractivity contribution < 1.29 is 9.18 Å². The Kier molecular flexibility index (Phi) is 6.94. The fourth-order valence-corrected chi connectivity index (χ4v) is 4.14. The minimum Gasteiger partial charge on any atom is -0.384 e. The first kappa shape index (κ1) is 24.1. The zero-order valence-corrected chi connectivity index (χ0v) is 20.0. The first-order valence-corrected chi connectivity index (χ1v) is 11.4. The topological polar surface area (TPSA) is 114 Å². The van der Waals surface area contributed by atoms with Gasteiger partial charge in [0.2, 0.25) is 5.95 Å². The van der Waals surface area contributed by atoms with Crippen molar-refractivity contribution in [3.63, 3.8) is 0 Å². The van der Waals surface area contributed by atoms with Crippen LogP contribution in [-0.2, 0) is 0 Å². The third-order valence-electron chi connectivity index (χ3n) is 6.25. The molecule has 1 aliphatic heterocycles. The summed E-state index contributed by atoms with van der Waals surface area (Å²) in [5.74, 6) is 5.56. The highest BCUT2D eigenvalue weighted by Gasteiger charge is 2.26. The Bertz CT molecular complexity index is 1310. The minimum absolute atomic E-state index is 0.0227. The van der Waals surface area contributed by atoms with E-state index < -0.39 is 5.82 Å². The first-order chi connectivity index (χ1) is 16.7. The Labute approximate surface area is 204 Å². The SMILES string of the molecule is Cc1nc(N)nc(-c2ccc(C(=O)N(C)C3CCN(C)CC3)c(F)c2)c1C#Cc1ccc(N)nc1. The average molecular weight is 474 g/mol. The molecule has 0 spiro atoms. The second-order valence-corrected chi connectivity index (χ2v) is 8.76.